The summed E-state index contributed by atoms with van der Waals surface area (Å²) in [5, 5.41) is 9.43. The quantitative estimate of drug-likeness (QED) is 0.760. The highest BCUT2D eigenvalue weighted by Crippen LogP contribution is 2.32. The normalized spacial score (nSPS) is 15.6. The van der Waals surface area contributed by atoms with Gasteiger partial charge in [0, 0.05) is 17.4 Å². The first-order valence-electron chi connectivity index (χ1n) is 4.92. The van der Waals surface area contributed by atoms with Gasteiger partial charge in [-0.25, -0.2) is 4.98 Å². The molecule has 2 N–H and O–H groups in total. The number of hydrogen-bond donors (Lipinski definition) is 2. The van der Waals surface area contributed by atoms with Crippen molar-refractivity contribution in [2.45, 2.75) is 0 Å². The van der Waals surface area contributed by atoms with Crippen LogP contribution in [0.15, 0.2) is 35.6 Å². The maximum atomic E-state index is 9.43. The van der Waals surface area contributed by atoms with Crippen molar-refractivity contribution in [3.8, 4) is 5.88 Å². The third kappa shape index (κ3) is 1.32. The number of aromatic nitrogens is 2. The molecule has 1 aliphatic rings. The molecule has 0 bridgehead atoms. The topological polar surface area (TPSA) is 61.3 Å². The molecule has 0 aliphatic carbocycles. The number of allylic oxidation sites excluding steroid dienone is 1. The second kappa shape index (κ2) is 3.34. The number of aromatic hydroxyl groups is 1. The zero-order valence-corrected chi connectivity index (χ0v) is 8.38. The van der Waals surface area contributed by atoms with Gasteiger partial charge in [0.05, 0.1) is 12.0 Å². The smallest absolute Gasteiger partial charge is 0.236 e. The van der Waals surface area contributed by atoms with Gasteiger partial charge in [-0.2, -0.15) is 0 Å². The Hall–Kier alpha value is -2.36. The molecule has 0 fully saturated rings. The van der Waals surface area contributed by atoms with Crippen LogP contribution in [0, 0.1) is 0 Å². The van der Waals surface area contributed by atoms with Crippen molar-refractivity contribution in [3.05, 3.63) is 41.9 Å². The average molecular weight is 211 g/mol. The van der Waals surface area contributed by atoms with Gasteiger partial charge >= 0.3 is 0 Å². The minimum absolute atomic E-state index is 0.00489. The predicted octanol–water partition coefficient (Wildman–Crippen LogP) is 2.37. The van der Waals surface area contributed by atoms with E-state index in [1.54, 1.807) is 6.21 Å². The Bertz CT molecular complexity index is 596. The molecular formula is C12H9N3O. The van der Waals surface area contributed by atoms with E-state index in [9.17, 15) is 5.11 Å². The van der Waals surface area contributed by atoms with Crippen molar-refractivity contribution in [1.82, 2.24) is 9.97 Å². The molecule has 0 saturated heterocycles. The Morgan fingerprint density at radius 2 is 2.12 bits per heavy atom. The lowest BCUT2D eigenvalue weighted by Gasteiger charge is -1.97. The van der Waals surface area contributed by atoms with Gasteiger partial charge in [-0.05, 0) is 12.1 Å². The van der Waals surface area contributed by atoms with Gasteiger partial charge in [-0.15, -0.1) is 0 Å². The lowest BCUT2D eigenvalue weighted by atomic mass is 10.1. The number of benzene rings is 1. The van der Waals surface area contributed by atoms with Crippen LogP contribution >= 0.6 is 0 Å². The third-order valence-corrected chi connectivity index (χ3v) is 2.51. The number of imidazole rings is 1. The summed E-state index contributed by atoms with van der Waals surface area (Å²) in [6.45, 7) is 0. The zero-order valence-electron chi connectivity index (χ0n) is 8.38. The molecule has 0 amide bonds. The Morgan fingerprint density at radius 1 is 1.25 bits per heavy atom. The first-order chi connectivity index (χ1) is 7.84. The number of H-pyrrole nitrogens is 1. The number of rotatable bonds is 1. The molecular weight excluding hydrogens is 202 g/mol. The molecule has 2 heterocycles. The summed E-state index contributed by atoms with van der Waals surface area (Å²) in [4.78, 5) is 10.9. The molecule has 0 spiro atoms. The van der Waals surface area contributed by atoms with E-state index in [0.717, 1.165) is 16.8 Å². The van der Waals surface area contributed by atoms with E-state index in [1.807, 2.05) is 30.3 Å². The molecule has 16 heavy (non-hydrogen) atoms. The number of aromatic amines is 1. The molecule has 0 unspecified atom stereocenters. The van der Waals surface area contributed by atoms with Crippen molar-refractivity contribution >= 4 is 23.6 Å². The average Bonchev–Trinajstić information content (AvgIpc) is 2.88. The fourth-order valence-electron chi connectivity index (χ4n) is 1.71. The van der Waals surface area contributed by atoms with Crippen LogP contribution in [-0.2, 0) is 0 Å². The summed E-state index contributed by atoms with van der Waals surface area (Å²) in [6.07, 6.45) is 5.07. The van der Waals surface area contributed by atoms with Gasteiger partial charge in [0.25, 0.3) is 0 Å². The van der Waals surface area contributed by atoms with Gasteiger partial charge in [0.15, 0.2) is 0 Å². The lowest BCUT2D eigenvalue weighted by molar-refractivity contribution is 0.455. The van der Waals surface area contributed by atoms with Gasteiger partial charge in [-0.1, -0.05) is 18.2 Å². The lowest BCUT2D eigenvalue weighted by Crippen LogP contribution is -1.80. The van der Waals surface area contributed by atoms with Crippen LogP contribution in [0.25, 0.3) is 11.6 Å². The summed E-state index contributed by atoms with van der Waals surface area (Å²) < 4.78 is 0. The number of nitrogens with zero attached hydrogens (tertiary/aromatic N) is 2. The number of para-hydroxylation sites is 1. The molecule has 2 aromatic rings. The fourth-order valence-corrected chi connectivity index (χ4v) is 1.71. The maximum Gasteiger partial charge on any atom is 0.236 e. The highest BCUT2D eigenvalue weighted by Gasteiger charge is 2.12. The van der Waals surface area contributed by atoms with Crippen molar-refractivity contribution < 1.29 is 5.11 Å². The Balaban J connectivity index is 2.09. The first kappa shape index (κ1) is 8.91. The van der Waals surface area contributed by atoms with Gasteiger partial charge < -0.3 is 10.1 Å². The van der Waals surface area contributed by atoms with Crippen molar-refractivity contribution in [1.29, 1.82) is 0 Å². The summed E-state index contributed by atoms with van der Waals surface area (Å²) in [5.41, 5.74) is 3.58. The maximum absolute atomic E-state index is 9.43. The number of nitrogens with one attached hydrogen (secondary N) is 1. The molecule has 4 heteroatoms. The van der Waals surface area contributed by atoms with E-state index in [1.165, 1.54) is 6.33 Å². The summed E-state index contributed by atoms with van der Waals surface area (Å²) in [7, 11) is 0. The van der Waals surface area contributed by atoms with Crippen LogP contribution in [0.3, 0.4) is 0 Å². The second-order valence-electron chi connectivity index (χ2n) is 3.51. The van der Waals surface area contributed by atoms with E-state index in [4.69, 9.17) is 0 Å². The molecule has 3 rings (SSSR count). The molecule has 78 valence electrons. The van der Waals surface area contributed by atoms with Crippen LogP contribution in [-0.4, -0.2) is 21.3 Å². The van der Waals surface area contributed by atoms with Crippen LogP contribution < -0.4 is 0 Å². The number of aliphatic imine (C=N–C) groups is 1. The minimum Gasteiger partial charge on any atom is -0.492 e. The Labute approximate surface area is 92.0 Å². The van der Waals surface area contributed by atoms with Gasteiger partial charge in [0.2, 0.25) is 5.88 Å². The van der Waals surface area contributed by atoms with Crippen LogP contribution in [0.1, 0.15) is 11.3 Å². The minimum atomic E-state index is 0.00489. The SMILES string of the molecule is Oc1nc[nH]c1C=C1C=Nc2ccccc21. The third-order valence-electron chi connectivity index (χ3n) is 2.51. The van der Waals surface area contributed by atoms with Gasteiger partial charge in [-0.3, -0.25) is 4.99 Å². The predicted molar refractivity (Wildman–Crippen MR) is 62.7 cm³/mol. The number of hydrogen-bond acceptors (Lipinski definition) is 3. The fraction of sp³-hybridized carbons (Fsp3) is 0. The second-order valence-corrected chi connectivity index (χ2v) is 3.51. The van der Waals surface area contributed by atoms with Crippen molar-refractivity contribution in [2.24, 2.45) is 4.99 Å². The van der Waals surface area contributed by atoms with Crippen molar-refractivity contribution in [3.63, 3.8) is 0 Å². The van der Waals surface area contributed by atoms with E-state index in [0.29, 0.717) is 5.69 Å². The molecule has 1 aromatic carbocycles. The highest BCUT2D eigenvalue weighted by atomic mass is 16.3. The molecule has 0 saturated carbocycles. The largest absolute Gasteiger partial charge is 0.492 e. The van der Waals surface area contributed by atoms with Crippen molar-refractivity contribution in [2.75, 3.05) is 0 Å². The molecule has 4 nitrogen and oxygen atoms in total. The van der Waals surface area contributed by atoms with Crippen LogP contribution in [0.4, 0.5) is 5.69 Å². The number of fused-ring (bicyclic) bond motifs is 1. The highest BCUT2D eigenvalue weighted by molar-refractivity contribution is 6.21. The molecule has 1 aliphatic heterocycles. The van der Waals surface area contributed by atoms with Crippen LogP contribution in [0.2, 0.25) is 0 Å². The van der Waals surface area contributed by atoms with E-state index < -0.39 is 0 Å². The monoisotopic (exact) mass is 211 g/mol. The van der Waals surface area contributed by atoms with E-state index >= 15 is 0 Å². The van der Waals surface area contributed by atoms with E-state index in [-0.39, 0.29) is 5.88 Å². The first-order valence-corrected chi connectivity index (χ1v) is 4.92. The molecule has 0 atom stereocenters. The Morgan fingerprint density at radius 3 is 2.94 bits per heavy atom. The summed E-state index contributed by atoms with van der Waals surface area (Å²) >= 11 is 0. The summed E-state index contributed by atoms with van der Waals surface area (Å²) in [5.74, 6) is 0.00489. The van der Waals surface area contributed by atoms with E-state index in [2.05, 4.69) is 15.0 Å². The summed E-state index contributed by atoms with van der Waals surface area (Å²) in [6, 6.07) is 7.88. The standard InChI is InChI=1S/C12H9N3O/c16-12-11(14-7-15-12)5-8-6-13-10-4-2-1-3-9(8)10/h1-7,16H,(H,14,15). The molecule has 1 aromatic heterocycles. The van der Waals surface area contributed by atoms with Gasteiger partial charge in [0.1, 0.15) is 5.69 Å². The molecule has 0 radical (unpaired) electrons. The zero-order chi connectivity index (χ0) is 11.0. The Kier molecular flexibility index (Phi) is 1.86. The van der Waals surface area contributed by atoms with Crippen LogP contribution in [0.5, 0.6) is 5.88 Å².